The summed E-state index contributed by atoms with van der Waals surface area (Å²) < 4.78 is 39.1. The van der Waals surface area contributed by atoms with Crippen molar-refractivity contribution >= 4 is 16.0 Å². The number of carboxylic acids is 1. The maximum Gasteiger partial charge on any atom is 0.325 e. The van der Waals surface area contributed by atoms with Gasteiger partial charge in [-0.1, -0.05) is 23.8 Å². The highest BCUT2D eigenvalue weighted by Crippen LogP contribution is 2.33. The molecule has 0 bridgehead atoms. The van der Waals surface area contributed by atoms with E-state index in [2.05, 4.69) is 6.07 Å². The second kappa shape index (κ2) is 8.61. The fraction of sp³-hybridized carbons (Fsp3) is 0.435. The number of aryl methyl sites for hydroxylation is 2. The maximum atomic E-state index is 13.3. The number of carbonyl (C=O) groups is 1. The molecule has 1 heterocycles. The highest BCUT2D eigenvalue weighted by atomic mass is 32.2. The van der Waals surface area contributed by atoms with E-state index in [4.69, 9.17) is 9.47 Å². The lowest BCUT2D eigenvalue weighted by Gasteiger charge is -2.45. The third-order valence-corrected chi connectivity index (χ3v) is 7.30. The van der Waals surface area contributed by atoms with Crippen LogP contribution in [0, 0.1) is 13.8 Å². The molecule has 0 aromatic heterocycles. The number of carboxylic acid groups (broad SMARTS) is 1. The van der Waals surface area contributed by atoms with Crippen LogP contribution in [-0.4, -0.2) is 48.1 Å². The van der Waals surface area contributed by atoms with E-state index in [0.29, 0.717) is 12.4 Å². The first-order chi connectivity index (χ1) is 14.4. The van der Waals surface area contributed by atoms with E-state index < -0.39 is 33.7 Å². The number of ether oxygens (including phenoxy) is 2. The number of hydrogen-bond acceptors (Lipinski definition) is 5. The summed E-state index contributed by atoms with van der Waals surface area (Å²) in [4.78, 5) is 11.9. The van der Waals surface area contributed by atoms with Crippen molar-refractivity contribution < 1.29 is 27.8 Å². The van der Waals surface area contributed by atoms with Gasteiger partial charge in [0.2, 0.25) is 10.0 Å². The number of hydrogen-bond donors (Lipinski definition) is 1. The summed E-state index contributed by atoms with van der Waals surface area (Å²) in [5.41, 5.74) is 2.16. The van der Waals surface area contributed by atoms with Gasteiger partial charge in [-0.2, -0.15) is 4.31 Å². The van der Waals surface area contributed by atoms with Gasteiger partial charge >= 0.3 is 5.97 Å². The summed E-state index contributed by atoms with van der Waals surface area (Å²) in [6.45, 7) is 9.27. The fourth-order valence-electron chi connectivity index (χ4n) is 3.94. The highest BCUT2D eigenvalue weighted by molar-refractivity contribution is 7.89. The number of sulfonamides is 1. The third-order valence-electron chi connectivity index (χ3n) is 5.45. The molecular formula is C23H29NO6S. The number of morpholine rings is 1. The monoisotopic (exact) mass is 447 g/mol. The van der Waals surface area contributed by atoms with E-state index in [1.807, 2.05) is 26.0 Å². The van der Waals surface area contributed by atoms with Gasteiger partial charge in [0.15, 0.2) is 6.04 Å². The van der Waals surface area contributed by atoms with Crippen LogP contribution >= 0.6 is 0 Å². The van der Waals surface area contributed by atoms with Gasteiger partial charge in [0.25, 0.3) is 0 Å². The van der Waals surface area contributed by atoms with E-state index >= 15 is 0 Å². The van der Waals surface area contributed by atoms with Crippen LogP contribution in [0.25, 0.3) is 0 Å². The van der Waals surface area contributed by atoms with Crippen LogP contribution in [0.15, 0.2) is 47.4 Å². The molecule has 8 heteroatoms. The van der Waals surface area contributed by atoms with E-state index in [0.717, 1.165) is 21.0 Å². The lowest BCUT2D eigenvalue weighted by molar-refractivity contribution is -0.174. The molecule has 168 valence electrons. The van der Waals surface area contributed by atoms with Gasteiger partial charge < -0.3 is 14.6 Å². The zero-order valence-corrected chi connectivity index (χ0v) is 19.3. The minimum absolute atomic E-state index is 0.0164. The Labute approximate surface area is 183 Å². The Morgan fingerprint density at radius 3 is 2.45 bits per heavy atom. The Morgan fingerprint density at radius 2 is 1.84 bits per heavy atom. The molecule has 2 unspecified atom stereocenters. The second-order valence-corrected chi connectivity index (χ2v) is 10.4. The van der Waals surface area contributed by atoms with Crippen molar-refractivity contribution in [3.63, 3.8) is 0 Å². The van der Waals surface area contributed by atoms with Crippen LogP contribution in [0.2, 0.25) is 0 Å². The maximum absolute atomic E-state index is 13.3. The summed E-state index contributed by atoms with van der Waals surface area (Å²) in [7, 11) is -4.04. The number of nitrogens with zero attached hydrogens (tertiary/aromatic N) is 1. The van der Waals surface area contributed by atoms with Gasteiger partial charge in [-0.15, -0.1) is 0 Å². The van der Waals surface area contributed by atoms with Crippen LogP contribution in [0.4, 0.5) is 0 Å². The summed E-state index contributed by atoms with van der Waals surface area (Å²) in [5.74, 6) is -0.709. The summed E-state index contributed by atoms with van der Waals surface area (Å²) in [5, 5.41) is 9.70. The topological polar surface area (TPSA) is 93.1 Å². The molecule has 2 atom stereocenters. The lowest BCUT2D eigenvalue weighted by Crippen LogP contribution is -2.63. The first-order valence-corrected chi connectivity index (χ1v) is 11.6. The van der Waals surface area contributed by atoms with Crippen molar-refractivity contribution in [1.82, 2.24) is 4.31 Å². The van der Waals surface area contributed by atoms with Gasteiger partial charge in [-0.05, 0) is 70.0 Å². The molecule has 2 aromatic carbocycles. The molecule has 0 aliphatic carbocycles. The molecule has 7 nitrogen and oxygen atoms in total. The Morgan fingerprint density at radius 1 is 1.19 bits per heavy atom. The van der Waals surface area contributed by atoms with Crippen LogP contribution in [0.3, 0.4) is 0 Å². The molecule has 1 fully saturated rings. The normalized spacial score (nSPS) is 21.6. The molecule has 0 spiro atoms. The Balaban J connectivity index is 1.81. The van der Waals surface area contributed by atoms with E-state index in [-0.39, 0.29) is 11.4 Å². The molecule has 1 aliphatic heterocycles. The molecular weight excluding hydrogens is 418 g/mol. The highest BCUT2D eigenvalue weighted by Gasteiger charge is 2.50. The van der Waals surface area contributed by atoms with E-state index in [1.165, 1.54) is 12.1 Å². The Kier molecular flexibility index (Phi) is 6.45. The first kappa shape index (κ1) is 23.2. The molecule has 0 amide bonds. The molecule has 3 rings (SSSR count). The Hall–Kier alpha value is -2.42. The zero-order valence-electron chi connectivity index (χ0n) is 18.5. The third kappa shape index (κ3) is 4.92. The molecule has 1 N–H and O–H groups in total. The first-order valence-electron chi connectivity index (χ1n) is 10.1. The molecule has 0 saturated carbocycles. The predicted octanol–water partition coefficient (Wildman–Crippen LogP) is 3.52. The van der Waals surface area contributed by atoms with Crippen molar-refractivity contribution in [1.29, 1.82) is 0 Å². The standard InChI is InChI=1S/C23H29NO6S/c1-15-6-7-16(2)18(12-15)14-29-19-8-10-20(11-9-19)31(27,28)24-13-17(3)30-23(4,5)21(24)22(25)26/h6-12,17,21H,13-14H2,1-5H3,(H,25,26). The smallest absolute Gasteiger partial charge is 0.325 e. The second-order valence-electron chi connectivity index (χ2n) is 8.54. The van der Waals surface area contributed by atoms with Crippen LogP contribution in [0.5, 0.6) is 5.75 Å². The van der Waals surface area contributed by atoms with Crippen LogP contribution in [-0.2, 0) is 26.2 Å². The largest absolute Gasteiger partial charge is 0.489 e. The van der Waals surface area contributed by atoms with Crippen molar-refractivity contribution in [2.75, 3.05) is 6.54 Å². The lowest BCUT2D eigenvalue weighted by atomic mass is 9.96. The summed E-state index contributed by atoms with van der Waals surface area (Å²) in [6.07, 6.45) is -0.430. The molecule has 1 saturated heterocycles. The SMILES string of the molecule is Cc1ccc(C)c(COc2ccc(S(=O)(=O)N3CC(C)OC(C)(C)C3C(=O)O)cc2)c1. The van der Waals surface area contributed by atoms with E-state index in [1.54, 1.807) is 32.9 Å². The van der Waals surface area contributed by atoms with Crippen molar-refractivity contribution in [3.05, 3.63) is 59.2 Å². The molecule has 31 heavy (non-hydrogen) atoms. The number of benzene rings is 2. The van der Waals surface area contributed by atoms with Crippen molar-refractivity contribution in [2.45, 2.75) is 63.9 Å². The Bertz CT molecular complexity index is 1060. The van der Waals surface area contributed by atoms with Gasteiger partial charge in [0, 0.05) is 6.54 Å². The van der Waals surface area contributed by atoms with E-state index in [9.17, 15) is 18.3 Å². The van der Waals surface area contributed by atoms with Gasteiger partial charge in [-0.3, -0.25) is 4.79 Å². The minimum atomic E-state index is -4.04. The molecule has 2 aromatic rings. The van der Waals surface area contributed by atoms with Gasteiger partial charge in [0.1, 0.15) is 12.4 Å². The zero-order chi connectivity index (χ0) is 23.0. The summed E-state index contributed by atoms with van der Waals surface area (Å²) >= 11 is 0. The van der Waals surface area contributed by atoms with Crippen LogP contribution in [0.1, 0.15) is 37.5 Å². The molecule has 1 aliphatic rings. The quantitative estimate of drug-likeness (QED) is 0.728. The van der Waals surface area contributed by atoms with Gasteiger partial charge in [0.05, 0.1) is 16.6 Å². The number of aliphatic carboxylic acids is 1. The average molecular weight is 448 g/mol. The minimum Gasteiger partial charge on any atom is -0.489 e. The summed E-state index contributed by atoms with van der Waals surface area (Å²) in [6, 6.07) is 10.9. The fourth-order valence-corrected chi connectivity index (χ4v) is 5.72. The van der Waals surface area contributed by atoms with Gasteiger partial charge in [-0.25, -0.2) is 8.42 Å². The van der Waals surface area contributed by atoms with Crippen molar-refractivity contribution in [3.8, 4) is 5.75 Å². The van der Waals surface area contributed by atoms with Crippen molar-refractivity contribution in [2.24, 2.45) is 0 Å². The average Bonchev–Trinajstić information content (AvgIpc) is 2.67. The predicted molar refractivity (Wildman–Crippen MR) is 117 cm³/mol. The number of rotatable bonds is 6. The molecule has 0 radical (unpaired) electrons. The van der Waals surface area contributed by atoms with Crippen LogP contribution < -0.4 is 4.74 Å².